The minimum absolute atomic E-state index is 0.0373. The van der Waals surface area contributed by atoms with Gasteiger partial charge in [0.25, 0.3) is 5.69 Å². The maximum atomic E-state index is 11.0. The number of rotatable bonds is 7. The minimum atomic E-state index is -1.11. The van der Waals surface area contributed by atoms with Crippen LogP contribution in [0.3, 0.4) is 0 Å². The second kappa shape index (κ2) is 7.99. The summed E-state index contributed by atoms with van der Waals surface area (Å²) in [5.74, 6) is -0.967. The van der Waals surface area contributed by atoms with Gasteiger partial charge in [-0.05, 0) is 21.5 Å². The Kier molecular flexibility index (Phi) is 6.63. The second-order valence-electron chi connectivity index (χ2n) is 4.11. The summed E-state index contributed by atoms with van der Waals surface area (Å²) in [5.41, 5.74) is 0.658. The van der Waals surface area contributed by atoms with E-state index in [4.69, 9.17) is 5.11 Å². The minimum Gasteiger partial charge on any atom is -0.480 e. The third-order valence-electron chi connectivity index (χ3n) is 2.47. The van der Waals surface area contributed by atoms with Gasteiger partial charge in [-0.15, -0.1) is 0 Å². The molecule has 1 amide bonds. The Labute approximate surface area is 133 Å². The van der Waals surface area contributed by atoms with Crippen LogP contribution >= 0.6 is 27.7 Å². The van der Waals surface area contributed by atoms with Crippen molar-refractivity contribution in [2.45, 2.75) is 18.7 Å². The lowest BCUT2D eigenvalue weighted by atomic mass is 10.2. The summed E-state index contributed by atoms with van der Waals surface area (Å²) < 4.78 is 0.383. The predicted molar refractivity (Wildman–Crippen MR) is 82.2 cm³/mol. The zero-order chi connectivity index (χ0) is 16.0. The van der Waals surface area contributed by atoms with Crippen molar-refractivity contribution in [1.29, 1.82) is 0 Å². The lowest BCUT2D eigenvalue weighted by molar-refractivity contribution is -0.385. The molecule has 0 aromatic heterocycles. The molecule has 0 fully saturated rings. The molecule has 21 heavy (non-hydrogen) atoms. The van der Waals surface area contributed by atoms with E-state index < -0.39 is 22.8 Å². The van der Waals surface area contributed by atoms with Crippen LogP contribution in [0.1, 0.15) is 12.5 Å². The van der Waals surface area contributed by atoms with Crippen LogP contribution in [0.5, 0.6) is 0 Å². The molecule has 0 aliphatic carbocycles. The Balaban J connectivity index is 2.67. The normalized spacial score (nSPS) is 11.7. The van der Waals surface area contributed by atoms with Gasteiger partial charge in [-0.3, -0.25) is 14.9 Å². The number of thioether (sulfide) groups is 1. The molecule has 9 heteroatoms. The van der Waals surface area contributed by atoms with E-state index in [9.17, 15) is 19.7 Å². The number of carboxylic acid groups (broad SMARTS) is 1. The van der Waals surface area contributed by atoms with E-state index in [1.807, 2.05) is 0 Å². The highest BCUT2D eigenvalue weighted by molar-refractivity contribution is 9.10. The van der Waals surface area contributed by atoms with Gasteiger partial charge in [0.2, 0.25) is 5.91 Å². The topological polar surface area (TPSA) is 110 Å². The van der Waals surface area contributed by atoms with Crippen molar-refractivity contribution in [2.75, 3.05) is 5.75 Å². The largest absolute Gasteiger partial charge is 0.480 e. The molecular formula is C12H13BrN2O5S. The number of benzene rings is 1. The van der Waals surface area contributed by atoms with Crippen molar-refractivity contribution in [3.63, 3.8) is 0 Å². The summed E-state index contributed by atoms with van der Waals surface area (Å²) in [5, 5.41) is 22.1. The van der Waals surface area contributed by atoms with E-state index in [0.717, 1.165) is 0 Å². The molecule has 1 aromatic carbocycles. The molecule has 0 aliphatic rings. The van der Waals surface area contributed by atoms with Crippen LogP contribution in [-0.2, 0) is 15.3 Å². The van der Waals surface area contributed by atoms with Crippen molar-refractivity contribution in [3.8, 4) is 0 Å². The quantitative estimate of drug-likeness (QED) is 0.557. The first-order valence-electron chi connectivity index (χ1n) is 5.82. The standard InChI is InChI=1S/C12H13BrN2O5S/c1-7(16)14-9(12(17)18)6-21-5-8-3-2-4-10(11(8)13)15(19)20/h2-4,9H,5-6H2,1H3,(H,14,16)(H,17,18). The summed E-state index contributed by atoms with van der Waals surface area (Å²) in [4.78, 5) is 32.2. The fourth-order valence-electron chi connectivity index (χ4n) is 1.53. The van der Waals surface area contributed by atoms with Gasteiger partial charge >= 0.3 is 5.97 Å². The molecule has 0 bridgehead atoms. The second-order valence-corrected chi connectivity index (χ2v) is 5.94. The van der Waals surface area contributed by atoms with Gasteiger partial charge in [-0.2, -0.15) is 11.8 Å². The SMILES string of the molecule is CC(=O)NC(CSCc1cccc([N+](=O)[O-])c1Br)C(=O)O. The third-order valence-corrected chi connectivity index (χ3v) is 4.47. The number of nitro groups is 1. The average molecular weight is 377 g/mol. The van der Waals surface area contributed by atoms with Crippen LogP contribution in [0.4, 0.5) is 5.69 Å². The van der Waals surface area contributed by atoms with E-state index in [2.05, 4.69) is 21.2 Å². The number of hydrogen-bond donors (Lipinski definition) is 2. The summed E-state index contributed by atoms with van der Waals surface area (Å²) in [7, 11) is 0. The Morgan fingerprint density at radius 1 is 1.52 bits per heavy atom. The molecule has 1 rings (SSSR count). The van der Waals surface area contributed by atoms with Crippen molar-refractivity contribution in [3.05, 3.63) is 38.3 Å². The van der Waals surface area contributed by atoms with Gasteiger partial charge < -0.3 is 10.4 Å². The molecule has 0 radical (unpaired) electrons. The lowest BCUT2D eigenvalue weighted by Crippen LogP contribution is -2.41. The first-order valence-corrected chi connectivity index (χ1v) is 7.77. The number of carbonyl (C=O) groups excluding carboxylic acids is 1. The molecule has 0 saturated carbocycles. The predicted octanol–water partition coefficient (Wildman–Crippen LogP) is 2.18. The van der Waals surface area contributed by atoms with Crippen molar-refractivity contribution in [1.82, 2.24) is 5.32 Å². The summed E-state index contributed by atoms with van der Waals surface area (Å²) in [6.07, 6.45) is 0. The number of nitro benzene ring substituents is 1. The van der Waals surface area contributed by atoms with E-state index in [1.165, 1.54) is 24.8 Å². The maximum Gasteiger partial charge on any atom is 0.327 e. The molecule has 0 heterocycles. The number of halogens is 1. The fourth-order valence-corrected chi connectivity index (χ4v) is 3.30. The molecule has 0 spiro atoms. The van der Waals surface area contributed by atoms with Crippen LogP contribution in [0.25, 0.3) is 0 Å². The van der Waals surface area contributed by atoms with Gasteiger partial charge in [0.05, 0.1) is 9.40 Å². The zero-order valence-electron chi connectivity index (χ0n) is 11.0. The number of nitrogens with zero attached hydrogens (tertiary/aromatic N) is 1. The van der Waals surface area contributed by atoms with E-state index in [0.29, 0.717) is 15.8 Å². The highest BCUT2D eigenvalue weighted by Gasteiger charge is 2.19. The summed E-state index contributed by atoms with van der Waals surface area (Å²) in [6.45, 7) is 1.25. The first kappa shape index (κ1) is 17.4. The number of carbonyl (C=O) groups is 2. The van der Waals surface area contributed by atoms with E-state index in [-0.39, 0.29) is 11.4 Å². The fraction of sp³-hybridized carbons (Fsp3) is 0.333. The Hall–Kier alpha value is -1.61. The van der Waals surface area contributed by atoms with Crippen LogP contribution in [0.2, 0.25) is 0 Å². The van der Waals surface area contributed by atoms with Gasteiger partial charge in [0.1, 0.15) is 6.04 Å². The van der Waals surface area contributed by atoms with Gasteiger partial charge in [0.15, 0.2) is 0 Å². The number of hydrogen-bond acceptors (Lipinski definition) is 5. The number of aliphatic carboxylic acids is 1. The molecule has 0 saturated heterocycles. The van der Waals surface area contributed by atoms with Crippen molar-refractivity contribution in [2.24, 2.45) is 0 Å². The first-order chi connectivity index (χ1) is 9.82. The molecular weight excluding hydrogens is 364 g/mol. The Morgan fingerprint density at radius 2 is 2.19 bits per heavy atom. The highest BCUT2D eigenvalue weighted by Crippen LogP contribution is 2.30. The molecule has 1 unspecified atom stereocenters. The monoisotopic (exact) mass is 376 g/mol. The van der Waals surface area contributed by atoms with Crippen molar-refractivity contribution < 1.29 is 19.6 Å². The molecule has 2 N–H and O–H groups in total. The Morgan fingerprint density at radius 3 is 2.71 bits per heavy atom. The number of nitrogens with one attached hydrogen (secondary N) is 1. The van der Waals surface area contributed by atoms with Crippen molar-refractivity contribution >= 4 is 45.3 Å². The highest BCUT2D eigenvalue weighted by atomic mass is 79.9. The van der Waals surface area contributed by atoms with Crippen LogP contribution in [-0.4, -0.2) is 33.7 Å². The van der Waals surface area contributed by atoms with Crippen LogP contribution in [0, 0.1) is 10.1 Å². The molecule has 1 atom stereocenters. The lowest BCUT2D eigenvalue weighted by Gasteiger charge is -2.13. The smallest absolute Gasteiger partial charge is 0.327 e. The van der Waals surface area contributed by atoms with Crippen LogP contribution < -0.4 is 5.32 Å². The van der Waals surface area contributed by atoms with Gasteiger partial charge in [0, 0.05) is 24.5 Å². The molecule has 7 nitrogen and oxygen atoms in total. The number of carboxylic acids is 1. The summed E-state index contributed by atoms with van der Waals surface area (Å²) >= 11 is 4.45. The number of amides is 1. The average Bonchev–Trinajstić information content (AvgIpc) is 2.38. The molecule has 114 valence electrons. The third kappa shape index (κ3) is 5.35. The molecule has 1 aromatic rings. The molecule has 0 aliphatic heterocycles. The van der Waals surface area contributed by atoms with Crippen LogP contribution in [0.15, 0.2) is 22.7 Å². The Bertz CT molecular complexity index is 567. The van der Waals surface area contributed by atoms with E-state index >= 15 is 0 Å². The van der Waals surface area contributed by atoms with Gasteiger partial charge in [-0.25, -0.2) is 4.79 Å². The van der Waals surface area contributed by atoms with Gasteiger partial charge in [-0.1, -0.05) is 12.1 Å². The summed E-state index contributed by atoms with van der Waals surface area (Å²) in [6, 6.07) is 3.69. The maximum absolute atomic E-state index is 11.0. The zero-order valence-corrected chi connectivity index (χ0v) is 13.4. The van der Waals surface area contributed by atoms with E-state index in [1.54, 1.807) is 12.1 Å².